The Hall–Kier alpha value is -0.0800. The fraction of sp³-hybridized carbons (Fsp3) is 0.714. The number of aryl methyl sites for hydroxylation is 1. The molecule has 0 aromatic carbocycles. The maximum atomic E-state index is 12.6. The average molecular weight is 351 g/mol. The average Bonchev–Trinajstić information content (AvgIpc) is 2.78. The van der Waals surface area contributed by atoms with Gasteiger partial charge in [0.25, 0.3) is 0 Å². The molecule has 0 radical (unpaired) electrons. The van der Waals surface area contributed by atoms with Gasteiger partial charge in [-0.2, -0.15) is 11.8 Å². The molecule has 0 spiro atoms. The van der Waals surface area contributed by atoms with Crippen LogP contribution >= 0.6 is 23.1 Å². The van der Waals surface area contributed by atoms with Gasteiger partial charge in [-0.25, -0.2) is 13.1 Å². The Morgan fingerprint density at radius 1 is 1.43 bits per heavy atom. The number of hydrogen-bond donors (Lipinski definition) is 2. The van der Waals surface area contributed by atoms with Gasteiger partial charge in [0.1, 0.15) is 4.90 Å². The molecule has 122 valence electrons. The molecule has 0 saturated heterocycles. The van der Waals surface area contributed by atoms with Crippen LogP contribution in [-0.2, 0) is 16.6 Å². The Bertz CT molecular complexity index is 526. The molecule has 1 rings (SSSR count). The lowest BCUT2D eigenvalue weighted by Crippen LogP contribution is -2.34. The van der Waals surface area contributed by atoms with E-state index in [4.69, 9.17) is 0 Å². The van der Waals surface area contributed by atoms with Gasteiger partial charge in [-0.05, 0) is 56.2 Å². The van der Waals surface area contributed by atoms with Crippen molar-refractivity contribution in [3.63, 3.8) is 0 Å². The Morgan fingerprint density at radius 3 is 2.76 bits per heavy atom. The first-order valence-electron chi connectivity index (χ1n) is 7.21. The molecule has 21 heavy (non-hydrogen) atoms. The molecule has 0 aliphatic carbocycles. The summed E-state index contributed by atoms with van der Waals surface area (Å²) in [5, 5.41) is 5.20. The third-order valence-electron chi connectivity index (χ3n) is 3.08. The van der Waals surface area contributed by atoms with Crippen molar-refractivity contribution in [2.45, 2.75) is 51.1 Å². The van der Waals surface area contributed by atoms with Gasteiger partial charge in [-0.3, -0.25) is 0 Å². The number of hydrogen-bond acceptors (Lipinski definition) is 5. The highest BCUT2D eigenvalue weighted by Gasteiger charge is 2.24. The van der Waals surface area contributed by atoms with E-state index in [1.54, 1.807) is 11.8 Å². The zero-order valence-corrected chi connectivity index (χ0v) is 15.7. The highest BCUT2D eigenvalue weighted by molar-refractivity contribution is 7.98. The summed E-state index contributed by atoms with van der Waals surface area (Å²) in [5.41, 5.74) is 0.831. The normalized spacial score (nSPS) is 13.5. The van der Waals surface area contributed by atoms with Crippen LogP contribution in [0.25, 0.3) is 0 Å². The van der Waals surface area contributed by atoms with Crippen molar-refractivity contribution in [3.05, 3.63) is 15.8 Å². The highest BCUT2D eigenvalue weighted by Crippen LogP contribution is 2.27. The van der Waals surface area contributed by atoms with Crippen LogP contribution in [0.4, 0.5) is 0 Å². The van der Waals surface area contributed by atoms with Crippen LogP contribution in [0.1, 0.15) is 37.1 Å². The van der Waals surface area contributed by atoms with Crippen molar-refractivity contribution in [1.82, 2.24) is 10.0 Å². The molecule has 1 aromatic heterocycles. The predicted molar refractivity (Wildman–Crippen MR) is 93.8 cm³/mol. The van der Waals surface area contributed by atoms with E-state index >= 15 is 0 Å². The van der Waals surface area contributed by atoms with Crippen molar-refractivity contribution in [1.29, 1.82) is 0 Å². The largest absolute Gasteiger partial charge is 0.312 e. The number of sulfonamides is 1. The Balaban J connectivity index is 2.84. The monoisotopic (exact) mass is 350 g/mol. The van der Waals surface area contributed by atoms with Crippen LogP contribution in [0.2, 0.25) is 0 Å². The van der Waals surface area contributed by atoms with Gasteiger partial charge in [0.2, 0.25) is 10.0 Å². The summed E-state index contributed by atoms with van der Waals surface area (Å²) in [5.74, 6) is 0.956. The van der Waals surface area contributed by atoms with Gasteiger partial charge in [-0.1, -0.05) is 6.92 Å². The van der Waals surface area contributed by atoms with E-state index in [0.29, 0.717) is 11.4 Å². The lowest BCUT2D eigenvalue weighted by molar-refractivity contribution is 0.555. The van der Waals surface area contributed by atoms with Gasteiger partial charge in [-0.15, -0.1) is 11.3 Å². The summed E-state index contributed by atoms with van der Waals surface area (Å²) in [6.45, 7) is 7.39. The van der Waals surface area contributed by atoms with Crippen molar-refractivity contribution < 1.29 is 8.42 Å². The minimum absolute atomic E-state index is 0.0433. The minimum atomic E-state index is -3.43. The van der Waals surface area contributed by atoms with Crippen LogP contribution in [-0.4, -0.2) is 33.0 Å². The highest BCUT2D eigenvalue weighted by atomic mass is 32.2. The summed E-state index contributed by atoms with van der Waals surface area (Å²) >= 11 is 3.24. The van der Waals surface area contributed by atoms with E-state index < -0.39 is 10.0 Å². The third kappa shape index (κ3) is 5.90. The van der Waals surface area contributed by atoms with E-state index in [9.17, 15) is 8.42 Å². The summed E-state index contributed by atoms with van der Waals surface area (Å²) in [6, 6.07) is -0.0433. The van der Waals surface area contributed by atoms with Crippen LogP contribution in [0.15, 0.2) is 10.3 Å². The summed E-state index contributed by atoms with van der Waals surface area (Å²) in [6.07, 6.45) is 3.91. The second-order valence-corrected chi connectivity index (χ2v) is 8.75. The van der Waals surface area contributed by atoms with Gasteiger partial charge in [0.15, 0.2) is 0 Å². The van der Waals surface area contributed by atoms with Gasteiger partial charge in [0.05, 0.1) is 0 Å². The van der Waals surface area contributed by atoms with E-state index in [1.807, 2.05) is 25.5 Å². The first-order chi connectivity index (χ1) is 9.92. The Labute approximate surface area is 137 Å². The molecule has 0 saturated carbocycles. The molecule has 1 heterocycles. The van der Waals surface area contributed by atoms with E-state index in [1.165, 1.54) is 11.3 Å². The summed E-state index contributed by atoms with van der Waals surface area (Å²) in [7, 11) is -3.43. The molecular weight excluding hydrogens is 324 g/mol. The molecule has 1 aromatic rings. The second kappa shape index (κ2) is 9.15. The number of nitrogens with one attached hydrogen (secondary N) is 2. The number of thioether (sulfide) groups is 1. The van der Waals surface area contributed by atoms with Crippen molar-refractivity contribution in [2.75, 3.05) is 18.6 Å². The first kappa shape index (κ1) is 19.0. The predicted octanol–water partition coefficient (Wildman–Crippen LogP) is 2.98. The maximum absolute atomic E-state index is 12.6. The van der Waals surface area contributed by atoms with Gasteiger partial charge in [0, 0.05) is 17.5 Å². The molecule has 1 atom stereocenters. The van der Waals surface area contributed by atoms with Crippen molar-refractivity contribution >= 4 is 33.1 Å². The molecule has 4 nitrogen and oxygen atoms in total. The topological polar surface area (TPSA) is 58.2 Å². The SMILES string of the molecule is CCCNCc1scc(C)c1S(=O)(=O)NC(C)CCSC. The standard InChI is InChI=1S/C14H26N2O2S3/c1-5-7-15-9-13-14(11(2)10-20-13)21(17,18)16-12(3)6-8-19-4/h10,12,15-16H,5-9H2,1-4H3. The molecule has 1 unspecified atom stereocenters. The zero-order chi connectivity index (χ0) is 15.9. The molecule has 7 heteroatoms. The minimum Gasteiger partial charge on any atom is -0.312 e. The molecule has 0 aliphatic rings. The van der Waals surface area contributed by atoms with Crippen LogP contribution < -0.4 is 10.0 Å². The van der Waals surface area contributed by atoms with E-state index in [0.717, 1.165) is 35.6 Å². The smallest absolute Gasteiger partial charge is 0.242 e. The molecular formula is C14H26N2O2S3. The summed E-state index contributed by atoms with van der Waals surface area (Å²) in [4.78, 5) is 1.36. The lowest BCUT2D eigenvalue weighted by Gasteiger charge is -2.15. The maximum Gasteiger partial charge on any atom is 0.242 e. The van der Waals surface area contributed by atoms with Crippen molar-refractivity contribution in [3.8, 4) is 0 Å². The fourth-order valence-electron chi connectivity index (χ4n) is 2.03. The molecule has 0 amide bonds. The number of rotatable bonds is 10. The van der Waals surface area contributed by atoms with Crippen molar-refractivity contribution in [2.24, 2.45) is 0 Å². The number of thiophene rings is 1. The molecule has 0 fully saturated rings. The van der Waals surface area contributed by atoms with Crippen LogP contribution in [0.5, 0.6) is 0 Å². The van der Waals surface area contributed by atoms with E-state index in [-0.39, 0.29) is 6.04 Å². The molecule has 0 bridgehead atoms. The van der Waals surface area contributed by atoms with Crippen LogP contribution in [0.3, 0.4) is 0 Å². The van der Waals surface area contributed by atoms with Gasteiger partial charge < -0.3 is 5.32 Å². The van der Waals surface area contributed by atoms with Gasteiger partial charge >= 0.3 is 0 Å². The fourth-order valence-corrected chi connectivity index (χ4v) is 5.67. The quantitative estimate of drug-likeness (QED) is 0.637. The van der Waals surface area contributed by atoms with E-state index in [2.05, 4.69) is 17.0 Å². The molecule has 2 N–H and O–H groups in total. The Morgan fingerprint density at radius 2 is 2.14 bits per heavy atom. The lowest BCUT2D eigenvalue weighted by atomic mass is 10.3. The Kier molecular flexibility index (Phi) is 8.26. The zero-order valence-electron chi connectivity index (χ0n) is 13.2. The summed E-state index contributed by atoms with van der Waals surface area (Å²) < 4.78 is 28.0. The second-order valence-electron chi connectivity index (χ2n) is 5.15. The third-order valence-corrected chi connectivity index (χ3v) is 6.78. The molecule has 0 aliphatic heterocycles. The van der Waals surface area contributed by atoms with Crippen LogP contribution in [0, 0.1) is 6.92 Å². The first-order valence-corrected chi connectivity index (χ1v) is 11.0.